The van der Waals surface area contributed by atoms with Crippen LogP contribution in [0.25, 0.3) is 0 Å². The molecule has 2 amide bonds. The molecule has 1 aromatic carbocycles. The van der Waals surface area contributed by atoms with E-state index in [9.17, 15) is 18.4 Å². The summed E-state index contributed by atoms with van der Waals surface area (Å²) >= 11 is 0. The number of rotatable bonds is 8. The minimum Gasteiger partial charge on any atom is -0.338 e. The third-order valence-electron chi connectivity index (χ3n) is 4.34. The van der Waals surface area contributed by atoms with E-state index < -0.39 is 29.8 Å². The smallest absolute Gasteiger partial charge is 0.268 e. The molecule has 0 aliphatic carbocycles. The molecular formula is C23H31F2N5O3. The van der Waals surface area contributed by atoms with E-state index in [0.29, 0.717) is 5.56 Å². The van der Waals surface area contributed by atoms with E-state index in [2.05, 4.69) is 40.8 Å². The van der Waals surface area contributed by atoms with Crippen LogP contribution in [0.4, 0.5) is 8.78 Å². The van der Waals surface area contributed by atoms with Crippen molar-refractivity contribution < 1.29 is 23.6 Å². The molecule has 180 valence electrons. The predicted octanol–water partition coefficient (Wildman–Crippen LogP) is 2.71. The molecule has 0 radical (unpaired) electrons. The molecule has 10 heteroatoms. The van der Waals surface area contributed by atoms with Gasteiger partial charge < -0.3 is 11.1 Å². The van der Waals surface area contributed by atoms with E-state index in [1.54, 1.807) is 25.3 Å². The zero-order chi connectivity index (χ0) is 25.6. The van der Waals surface area contributed by atoms with Crippen LogP contribution in [0.1, 0.15) is 50.0 Å². The maximum atomic E-state index is 13.2. The predicted molar refractivity (Wildman–Crippen MR) is 125 cm³/mol. The van der Waals surface area contributed by atoms with Crippen molar-refractivity contribution >= 4 is 17.5 Å². The van der Waals surface area contributed by atoms with Gasteiger partial charge in [-0.25, -0.2) is 14.3 Å². The standard InChI is InChI=1S/C21H27F2N5O3.C2H4/c1-5-14(3)27-25-12-13(2)6-7-15-8-10-16(11-9-15)18(29)26-17(19(30)28-31)21(4,24)20(22)23;1-2/h8-12,17,20,25,31H,5,24H2,1-4H3,(H,26,29)(H,28,30);1-2H2/b13-12+,27-14+;. The topological polar surface area (TPSA) is 129 Å². The van der Waals surface area contributed by atoms with Crippen LogP contribution < -0.4 is 22.0 Å². The normalized spacial score (nSPS) is 14.0. The average molecular weight is 464 g/mol. The molecule has 2 atom stereocenters. The van der Waals surface area contributed by atoms with E-state index in [4.69, 9.17) is 10.9 Å². The lowest BCUT2D eigenvalue weighted by atomic mass is 9.92. The number of carbonyl (C=O) groups is 2. The van der Waals surface area contributed by atoms with Crippen molar-refractivity contribution in [3.8, 4) is 11.8 Å². The van der Waals surface area contributed by atoms with Crippen LogP contribution in [-0.4, -0.2) is 40.7 Å². The van der Waals surface area contributed by atoms with Crippen LogP contribution in [0.2, 0.25) is 0 Å². The van der Waals surface area contributed by atoms with Crippen LogP contribution in [0.5, 0.6) is 0 Å². The summed E-state index contributed by atoms with van der Waals surface area (Å²) in [5.41, 5.74) is 9.53. The largest absolute Gasteiger partial charge is 0.338 e. The zero-order valence-electron chi connectivity index (χ0n) is 19.2. The molecule has 1 rings (SSSR count). The lowest BCUT2D eigenvalue weighted by Gasteiger charge is -2.32. The molecule has 0 saturated heterocycles. The summed E-state index contributed by atoms with van der Waals surface area (Å²) in [7, 11) is 0. The van der Waals surface area contributed by atoms with Gasteiger partial charge in [0, 0.05) is 28.6 Å². The highest BCUT2D eigenvalue weighted by atomic mass is 19.3. The first kappa shape index (κ1) is 29.5. The van der Waals surface area contributed by atoms with E-state index in [1.807, 2.05) is 13.8 Å². The third-order valence-corrected chi connectivity index (χ3v) is 4.34. The van der Waals surface area contributed by atoms with Gasteiger partial charge in [-0.05, 0) is 51.5 Å². The summed E-state index contributed by atoms with van der Waals surface area (Å²) in [6.07, 6.45) is -0.633. The molecule has 8 nitrogen and oxygen atoms in total. The molecule has 0 bridgehead atoms. The molecule has 0 aliphatic rings. The van der Waals surface area contributed by atoms with E-state index >= 15 is 0 Å². The van der Waals surface area contributed by atoms with Gasteiger partial charge in [0.1, 0.15) is 11.6 Å². The molecule has 33 heavy (non-hydrogen) atoms. The summed E-state index contributed by atoms with van der Waals surface area (Å²) in [5, 5.41) is 15.0. The highest BCUT2D eigenvalue weighted by molar-refractivity contribution is 5.98. The summed E-state index contributed by atoms with van der Waals surface area (Å²) in [5.74, 6) is 3.78. The summed E-state index contributed by atoms with van der Waals surface area (Å²) < 4.78 is 26.4. The maximum Gasteiger partial charge on any atom is 0.268 e. The first-order valence-corrected chi connectivity index (χ1v) is 9.92. The van der Waals surface area contributed by atoms with E-state index in [-0.39, 0.29) is 5.56 Å². The molecule has 0 aromatic heterocycles. The minimum absolute atomic E-state index is 0.102. The second-order valence-corrected chi connectivity index (χ2v) is 7.03. The van der Waals surface area contributed by atoms with E-state index in [1.165, 1.54) is 17.6 Å². The monoisotopic (exact) mass is 463 g/mol. The SMILES string of the molecule is C=C.CC/C(C)=N/N/C=C(\C)C#Cc1ccc(C(=O)NC(C(=O)NO)C(C)(N)C(F)F)cc1. The number of allylic oxidation sites excluding steroid dienone is 1. The molecule has 0 heterocycles. The Morgan fingerprint density at radius 3 is 2.33 bits per heavy atom. The van der Waals surface area contributed by atoms with Crippen molar-refractivity contribution in [1.82, 2.24) is 16.2 Å². The van der Waals surface area contributed by atoms with Gasteiger partial charge >= 0.3 is 0 Å². The summed E-state index contributed by atoms with van der Waals surface area (Å²) in [6.45, 7) is 12.6. The number of carbonyl (C=O) groups excluding carboxylic acids is 2. The van der Waals surface area contributed by atoms with Gasteiger partial charge in [-0.15, -0.1) is 13.2 Å². The molecule has 2 unspecified atom stereocenters. The first-order valence-electron chi connectivity index (χ1n) is 9.92. The van der Waals surface area contributed by atoms with Crippen molar-refractivity contribution in [2.45, 2.75) is 52.1 Å². The lowest BCUT2D eigenvalue weighted by molar-refractivity contribution is -0.134. The van der Waals surface area contributed by atoms with Gasteiger partial charge in [-0.1, -0.05) is 18.8 Å². The fourth-order valence-electron chi connectivity index (χ4n) is 2.14. The number of hydrogen-bond acceptors (Lipinski definition) is 6. The first-order chi connectivity index (χ1) is 15.5. The Morgan fingerprint density at radius 1 is 1.27 bits per heavy atom. The number of nitrogens with one attached hydrogen (secondary N) is 3. The van der Waals surface area contributed by atoms with Crippen LogP contribution in [0.3, 0.4) is 0 Å². The van der Waals surface area contributed by atoms with Crippen molar-refractivity contribution in [2.24, 2.45) is 10.8 Å². The lowest BCUT2D eigenvalue weighted by Crippen LogP contribution is -2.66. The number of hydrazone groups is 1. The Balaban J connectivity index is 0.00000497. The Bertz CT molecular complexity index is 916. The van der Waals surface area contributed by atoms with Gasteiger partial charge in [0.05, 0.1) is 0 Å². The minimum atomic E-state index is -3.13. The van der Waals surface area contributed by atoms with Crippen LogP contribution >= 0.6 is 0 Å². The molecule has 0 spiro atoms. The number of hydrogen-bond donors (Lipinski definition) is 5. The number of benzene rings is 1. The molecule has 0 aliphatic heterocycles. The molecule has 0 fully saturated rings. The van der Waals surface area contributed by atoms with Crippen molar-refractivity contribution in [2.75, 3.05) is 0 Å². The van der Waals surface area contributed by atoms with Gasteiger partial charge in [0.2, 0.25) is 0 Å². The number of nitrogens with zero attached hydrogens (tertiary/aromatic N) is 1. The van der Waals surface area contributed by atoms with Crippen molar-refractivity contribution in [3.63, 3.8) is 0 Å². The van der Waals surface area contributed by atoms with Gasteiger partial charge in [0.15, 0.2) is 0 Å². The Hall–Kier alpha value is -3.55. The average Bonchev–Trinajstić information content (AvgIpc) is 2.81. The quantitative estimate of drug-likeness (QED) is 0.133. The Morgan fingerprint density at radius 2 is 1.85 bits per heavy atom. The van der Waals surface area contributed by atoms with Gasteiger partial charge in [-0.2, -0.15) is 5.10 Å². The van der Waals surface area contributed by atoms with Gasteiger partial charge in [0.25, 0.3) is 18.2 Å². The summed E-state index contributed by atoms with van der Waals surface area (Å²) in [4.78, 5) is 24.1. The second kappa shape index (κ2) is 14.5. The molecule has 1 aromatic rings. The molecule has 6 N–H and O–H groups in total. The number of hydroxylamine groups is 1. The van der Waals surface area contributed by atoms with Crippen LogP contribution in [0.15, 0.2) is 54.3 Å². The second-order valence-electron chi connectivity index (χ2n) is 7.03. The molecule has 0 saturated carbocycles. The van der Waals surface area contributed by atoms with Crippen molar-refractivity contribution in [3.05, 3.63) is 60.3 Å². The van der Waals surface area contributed by atoms with Crippen LogP contribution in [-0.2, 0) is 4.79 Å². The number of halogens is 2. The fourth-order valence-corrected chi connectivity index (χ4v) is 2.14. The third kappa shape index (κ3) is 9.64. The fraction of sp³-hybridized carbons (Fsp3) is 0.348. The Labute approximate surface area is 193 Å². The summed E-state index contributed by atoms with van der Waals surface area (Å²) in [6, 6.07) is 4.13. The number of nitrogens with two attached hydrogens (primary N) is 1. The van der Waals surface area contributed by atoms with Crippen LogP contribution in [0, 0.1) is 11.8 Å². The molecular weight excluding hydrogens is 432 g/mol. The van der Waals surface area contributed by atoms with E-state index in [0.717, 1.165) is 24.6 Å². The number of amides is 2. The Kier molecular flexibility index (Phi) is 12.9. The zero-order valence-corrected chi connectivity index (χ0v) is 19.2. The highest BCUT2D eigenvalue weighted by Crippen LogP contribution is 2.18. The number of alkyl halides is 2. The maximum absolute atomic E-state index is 13.2. The van der Waals surface area contributed by atoms with Gasteiger partial charge in [-0.3, -0.25) is 20.2 Å². The van der Waals surface area contributed by atoms with Crippen molar-refractivity contribution in [1.29, 1.82) is 0 Å². The highest BCUT2D eigenvalue weighted by Gasteiger charge is 2.44.